The van der Waals surface area contributed by atoms with E-state index in [4.69, 9.17) is 14.2 Å². The van der Waals surface area contributed by atoms with E-state index in [0.29, 0.717) is 19.3 Å². The summed E-state index contributed by atoms with van der Waals surface area (Å²) in [6.45, 7) is 6.49. The minimum atomic E-state index is -0.801. The SMILES string of the molecule is CC/C=C\C/C=C\C/C=C\C/C=C\C/C=C\C/C=C\C/C=C\C/C=C\CCCCC(=O)OCC(COC(=O)CCCCCCC/C=C\CCCCC)OC(=O)CCCCCCCCCCCCCCCCCCCCCCCCCC. The lowest BCUT2D eigenvalue weighted by atomic mass is 10.0. The van der Waals surface area contributed by atoms with Gasteiger partial charge in [0.2, 0.25) is 0 Å². The van der Waals surface area contributed by atoms with Crippen LogP contribution in [0, 0.1) is 0 Å². The van der Waals surface area contributed by atoms with Crippen LogP contribution in [0.4, 0.5) is 0 Å². The van der Waals surface area contributed by atoms with Crippen molar-refractivity contribution >= 4 is 17.9 Å². The minimum absolute atomic E-state index is 0.0947. The van der Waals surface area contributed by atoms with Crippen molar-refractivity contribution in [3.05, 3.63) is 109 Å². The third-order valence-corrected chi connectivity index (χ3v) is 14.8. The highest BCUT2D eigenvalue weighted by Gasteiger charge is 2.19. The monoisotopic (exact) mass is 1120 g/mol. The Labute approximate surface area is 501 Å². The topological polar surface area (TPSA) is 78.9 Å². The molecule has 1 atom stereocenters. The fourth-order valence-corrected chi connectivity index (χ4v) is 9.63. The van der Waals surface area contributed by atoms with Gasteiger partial charge in [0.15, 0.2) is 6.10 Å². The van der Waals surface area contributed by atoms with Crippen molar-refractivity contribution in [1.82, 2.24) is 0 Å². The lowest BCUT2D eigenvalue weighted by molar-refractivity contribution is -0.167. The molecule has 6 heteroatoms. The first kappa shape index (κ1) is 77.1. The van der Waals surface area contributed by atoms with E-state index in [9.17, 15) is 14.4 Å². The van der Waals surface area contributed by atoms with E-state index in [2.05, 4.69) is 130 Å². The van der Waals surface area contributed by atoms with Crippen LogP contribution >= 0.6 is 0 Å². The Hall–Kier alpha value is -3.93. The van der Waals surface area contributed by atoms with E-state index in [1.807, 2.05) is 0 Å². The Morgan fingerprint density at radius 2 is 0.481 bits per heavy atom. The van der Waals surface area contributed by atoms with Crippen LogP contribution in [0.5, 0.6) is 0 Å². The number of allylic oxidation sites excluding steroid dienone is 18. The molecule has 6 nitrogen and oxygen atoms in total. The van der Waals surface area contributed by atoms with Crippen molar-refractivity contribution in [1.29, 1.82) is 0 Å². The molecular formula is C75H128O6. The molecule has 0 amide bonds. The van der Waals surface area contributed by atoms with Gasteiger partial charge in [-0.25, -0.2) is 0 Å². The van der Waals surface area contributed by atoms with Gasteiger partial charge in [-0.2, -0.15) is 0 Å². The van der Waals surface area contributed by atoms with Gasteiger partial charge in [-0.05, 0) is 109 Å². The molecule has 0 saturated heterocycles. The molecule has 0 aromatic rings. The fourth-order valence-electron chi connectivity index (χ4n) is 9.63. The third-order valence-electron chi connectivity index (χ3n) is 14.8. The first-order valence-corrected chi connectivity index (χ1v) is 34.4. The highest BCUT2D eigenvalue weighted by atomic mass is 16.6. The predicted octanol–water partition coefficient (Wildman–Crippen LogP) is 23.8. The molecule has 0 rings (SSSR count). The summed E-state index contributed by atoms with van der Waals surface area (Å²) in [7, 11) is 0. The van der Waals surface area contributed by atoms with Crippen LogP contribution in [0.15, 0.2) is 109 Å². The summed E-state index contributed by atoms with van der Waals surface area (Å²) in [5, 5.41) is 0. The molecule has 0 fully saturated rings. The van der Waals surface area contributed by atoms with Crippen molar-refractivity contribution in [3.8, 4) is 0 Å². The number of carbonyl (C=O) groups is 3. The van der Waals surface area contributed by atoms with Gasteiger partial charge in [0, 0.05) is 19.3 Å². The minimum Gasteiger partial charge on any atom is -0.462 e. The molecule has 464 valence electrons. The van der Waals surface area contributed by atoms with Crippen LogP contribution in [-0.2, 0) is 28.6 Å². The molecule has 81 heavy (non-hydrogen) atoms. The molecule has 0 aliphatic carbocycles. The highest BCUT2D eigenvalue weighted by molar-refractivity contribution is 5.71. The second-order valence-electron chi connectivity index (χ2n) is 22.7. The molecule has 0 spiro atoms. The van der Waals surface area contributed by atoms with Gasteiger partial charge in [0.05, 0.1) is 0 Å². The lowest BCUT2D eigenvalue weighted by Crippen LogP contribution is -2.30. The van der Waals surface area contributed by atoms with Crippen molar-refractivity contribution in [3.63, 3.8) is 0 Å². The molecule has 0 N–H and O–H groups in total. The van der Waals surface area contributed by atoms with Crippen LogP contribution in [0.25, 0.3) is 0 Å². The van der Waals surface area contributed by atoms with Crippen LogP contribution in [0.2, 0.25) is 0 Å². The zero-order valence-electron chi connectivity index (χ0n) is 53.3. The van der Waals surface area contributed by atoms with Crippen molar-refractivity contribution in [2.75, 3.05) is 13.2 Å². The first-order valence-electron chi connectivity index (χ1n) is 34.4. The summed E-state index contributed by atoms with van der Waals surface area (Å²) in [5.74, 6) is -0.937. The van der Waals surface area contributed by atoms with E-state index in [1.165, 1.54) is 173 Å². The van der Waals surface area contributed by atoms with E-state index in [-0.39, 0.29) is 31.1 Å². The Bertz CT molecular complexity index is 1620. The highest BCUT2D eigenvalue weighted by Crippen LogP contribution is 2.17. The Morgan fingerprint density at radius 1 is 0.259 bits per heavy atom. The van der Waals surface area contributed by atoms with Crippen molar-refractivity contribution in [2.45, 2.75) is 335 Å². The summed E-state index contributed by atoms with van der Waals surface area (Å²) in [4.78, 5) is 38.3. The number of hydrogen-bond donors (Lipinski definition) is 0. The molecule has 0 saturated carbocycles. The predicted molar refractivity (Wildman–Crippen MR) is 353 cm³/mol. The quantitative estimate of drug-likeness (QED) is 0.0261. The van der Waals surface area contributed by atoms with Gasteiger partial charge in [0.1, 0.15) is 13.2 Å². The molecule has 0 bridgehead atoms. The maximum absolute atomic E-state index is 12.9. The van der Waals surface area contributed by atoms with Crippen LogP contribution < -0.4 is 0 Å². The zero-order chi connectivity index (χ0) is 58.5. The van der Waals surface area contributed by atoms with Gasteiger partial charge in [-0.15, -0.1) is 0 Å². The maximum atomic E-state index is 12.9. The number of carbonyl (C=O) groups excluding carboxylic acids is 3. The summed E-state index contributed by atoms with van der Waals surface area (Å²) in [6.07, 6.45) is 94.0. The van der Waals surface area contributed by atoms with Gasteiger partial charge in [-0.1, -0.05) is 310 Å². The van der Waals surface area contributed by atoms with Gasteiger partial charge < -0.3 is 14.2 Å². The Kier molecular flexibility index (Phi) is 65.2. The molecule has 0 radical (unpaired) electrons. The van der Waals surface area contributed by atoms with E-state index in [0.717, 1.165) is 116 Å². The third kappa shape index (κ3) is 66.8. The standard InChI is InChI=1S/C75H128O6/c1-4-7-10-13-16-19-22-25-27-29-31-33-35-37-38-39-41-42-44-46-48-50-53-56-59-62-65-68-74(77)80-71-72(70-79-73(76)67-64-61-58-55-52-24-21-18-15-12-9-6-3)81-75(78)69-66-63-60-57-54-51-49-47-45-43-40-36-34-32-30-28-26-23-20-17-14-11-8-5-2/h7,10,16,18-19,21,25,27,31,33,37-38,41-42,46,48,53,56,72H,4-6,8-9,11-15,17,20,22-24,26,28-30,32,34-36,39-40,43-45,47,49-52,54-55,57-71H2,1-3H3/b10-7-,19-16-,21-18-,27-25-,33-31-,38-37-,42-41-,48-46-,56-53-. The molecule has 0 aromatic heterocycles. The number of hydrogen-bond acceptors (Lipinski definition) is 6. The summed E-state index contributed by atoms with van der Waals surface area (Å²) >= 11 is 0. The van der Waals surface area contributed by atoms with E-state index < -0.39 is 6.10 Å². The molecule has 0 aliphatic rings. The number of rotatable bonds is 62. The Morgan fingerprint density at radius 3 is 0.815 bits per heavy atom. The molecule has 0 aliphatic heterocycles. The second kappa shape index (κ2) is 68.6. The largest absolute Gasteiger partial charge is 0.462 e. The van der Waals surface area contributed by atoms with Gasteiger partial charge >= 0.3 is 17.9 Å². The Balaban J connectivity index is 4.36. The summed E-state index contributed by atoms with van der Waals surface area (Å²) in [5.41, 5.74) is 0. The van der Waals surface area contributed by atoms with E-state index >= 15 is 0 Å². The smallest absolute Gasteiger partial charge is 0.306 e. The maximum Gasteiger partial charge on any atom is 0.306 e. The molecule has 1 unspecified atom stereocenters. The number of esters is 3. The molecule has 0 heterocycles. The number of unbranched alkanes of at least 4 members (excludes halogenated alkanes) is 33. The van der Waals surface area contributed by atoms with Crippen LogP contribution in [0.3, 0.4) is 0 Å². The zero-order valence-corrected chi connectivity index (χ0v) is 53.3. The summed E-state index contributed by atoms with van der Waals surface area (Å²) < 4.78 is 16.9. The van der Waals surface area contributed by atoms with Crippen LogP contribution in [-0.4, -0.2) is 37.2 Å². The van der Waals surface area contributed by atoms with Gasteiger partial charge in [0.25, 0.3) is 0 Å². The van der Waals surface area contributed by atoms with Crippen LogP contribution in [0.1, 0.15) is 329 Å². The van der Waals surface area contributed by atoms with Crippen molar-refractivity contribution in [2.24, 2.45) is 0 Å². The fraction of sp³-hybridized carbons (Fsp3) is 0.720. The summed E-state index contributed by atoms with van der Waals surface area (Å²) in [6, 6.07) is 0. The number of ether oxygens (including phenoxy) is 3. The second-order valence-corrected chi connectivity index (χ2v) is 22.7. The average Bonchev–Trinajstić information content (AvgIpc) is 3.47. The molecular weight excluding hydrogens is 997 g/mol. The van der Waals surface area contributed by atoms with E-state index in [1.54, 1.807) is 0 Å². The normalized spacial score (nSPS) is 12.8. The lowest BCUT2D eigenvalue weighted by Gasteiger charge is -2.18. The molecule has 0 aromatic carbocycles. The average molecular weight is 1130 g/mol. The van der Waals surface area contributed by atoms with Crippen molar-refractivity contribution < 1.29 is 28.6 Å². The van der Waals surface area contributed by atoms with Gasteiger partial charge in [-0.3, -0.25) is 14.4 Å². The first-order chi connectivity index (χ1) is 40.0.